The van der Waals surface area contributed by atoms with Crippen LogP contribution in [0.4, 0.5) is 0 Å². The fourth-order valence-corrected chi connectivity index (χ4v) is 4.16. The molecule has 168 valence electrons. The first-order chi connectivity index (χ1) is 15.7. The number of benzene rings is 1. The lowest BCUT2D eigenvalue weighted by Crippen LogP contribution is -2.13. The second kappa shape index (κ2) is 10.8. The molecule has 7 nitrogen and oxygen atoms in total. The van der Waals surface area contributed by atoms with E-state index in [9.17, 15) is 0 Å². The summed E-state index contributed by atoms with van der Waals surface area (Å²) >= 11 is 0. The molecule has 0 saturated heterocycles. The standard InChI is InChI=1S/C24H30N5O2S/c1-30-12-10-22(19-7-5-4-6-8-19)29-16-20(15-27-29)23-21-9-11-28(24(21)26-17-25-23)18-31-13-14-32(2)3/h4-9,11,15-17,22H,10,12-14,18H2,1-3H3/q+1. The SMILES string of the molecule is COCCC(c1ccccc1)n1cc(-c2ncnc3c2ccn3COCC[S+](C)C)cn1. The molecule has 32 heavy (non-hydrogen) atoms. The number of fused-ring (bicyclic) bond motifs is 1. The fraction of sp³-hybridized carbons (Fsp3) is 0.375. The molecule has 0 aliphatic heterocycles. The summed E-state index contributed by atoms with van der Waals surface area (Å²) in [6.07, 6.45) is 12.9. The summed E-state index contributed by atoms with van der Waals surface area (Å²) in [5.41, 5.74) is 3.92. The number of hydrogen-bond donors (Lipinski definition) is 0. The van der Waals surface area contributed by atoms with E-state index in [1.165, 1.54) is 5.56 Å². The monoisotopic (exact) mass is 452 g/mol. The molecule has 0 N–H and O–H groups in total. The lowest BCUT2D eigenvalue weighted by atomic mass is 10.0. The Bertz CT molecular complexity index is 1130. The Hall–Kier alpha value is -2.68. The van der Waals surface area contributed by atoms with Gasteiger partial charge in [-0.3, -0.25) is 4.68 Å². The minimum Gasteiger partial charge on any atom is -0.385 e. The van der Waals surface area contributed by atoms with Crippen LogP contribution in [0.1, 0.15) is 18.0 Å². The summed E-state index contributed by atoms with van der Waals surface area (Å²) in [5.74, 6) is 1.07. The van der Waals surface area contributed by atoms with Crippen molar-refractivity contribution in [2.75, 3.05) is 38.6 Å². The molecule has 0 bridgehead atoms. The van der Waals surface area contributed by atoms with Gasteiger partial charge in [0.15, 0.2) is 0 Å². The van der Waals surface area contributed by atoms with E-state index in [0.717, 1.165) is 41.1 Å². The van der Waals surface area contributed by atoms with Crippen LogP contribution in [0, 0.1) is 0 Å². The molecule has 4 rings (SSSR count). The van der Waals surface area contributed by atoms with Gasteiger partial charge >= 0.3 is 0 Å². The number of rotatable bonds is 11. The maximum atomic E-state index is 5.85. The highest BCUT2D eigenvalue weighted by Gasteiger charge is 2.17. The number of methoxy groups -OCH3 is 1. The van der Waals surface area contributed by atoms with Crippen LogP contribution >= 0.6 is 0 Å². The average Bonchev–Trinajstić information content (AvgIpc) is 3.45. The summed E-state index contributed by atoms with van der Waals surface area (Å²) in [4.78, 5) is 9.08. The Morgan fingerprint density at radius 1 is 1.06 bits per heavy atom. The number of hydrogen-bond acceptors (Lipinski definition) is 5. The van der Waals surface area contributed by atoms with E-state index >= 15 is 0 Å². The second-order valence-corrected chi connectivity index (χ2v) is 10.3. The molecule has 3 heterocycles. The molecule has 0 spiro atoms. The molecule has 1 unspecified atom stereocenters. The average molecular weight is 453 g/mol. The van der Waals surface area contributed by atoms with Crippen LogP contribution in [0.15, 0.2) is 61.3 Å². The van der Waals surface area contributed by atoms with E-state index in [0.29, 0.717) is 24.2 Å². The van der Waals surface area contributed by atoms with E-state index < -0.39 is 0 Å². The van der Waals surface area contributed by atoms with Crippen LogP contribution in [-0.2, 0) is 27.1 Å². The summed E-state index contributed by atoms with van der Waals surface area (Å²) in [6.45, 7) is 1.90. The third-order valence-electron chi connectivity index (χ3n) is 5.40. The molecule has 0 aliphatic rings. The van der Waals surface area contributed by atoms with Gasteiger partial charge in [0.1, 0.15) is 24.5 Å². The molecule has 0 saturated carbocycles. The highest BCUT2D eigenvalue weighted by Crippen LogP contribution is 2.28. The first-order valence-corrected chi connectivity index (χ1v) is 12.9. The zero-order valence-corrected chi connectivity index (χ0v) is 19.7. The first kappa shape index (κ1) is 22.5. The van der Waals surface area contributed by atoms with Gasteiger partial charge in [0.05, 0.1) is 37.1 Å². The largest absolute Gasteiger partial charge is 0.385 e. The van der Waals surface area contributed by atoms with Crippen LogP contribution in [0.25, 0.3) is 22.3 Å². The molecule has 0 aliphatic carbocycles. The molecule has 1 aromatic carbocycles. The van der Waals surface area contributed by atoms with Crippen molar-refractivity contribution in [2.24, 2.45) is 0 Å². The van der Waals surface area contributed by atoms with Crippen molar-refractivity contribution in [2.45, 2.75) is 19.2 Å². The van der Waals surface area contributed by atoms with Gasteiger partial charge in [-0.2, -0.15) is 5.10 Å². The maximum absolute atomic E-state index is 5.85. The first-order valence-electron chi connectivity index (χ1n) is 10.7. The van der Waals surface area contributed by atoms with Crippen molar-refractivity contribution in [1.82, 2.24) is 24.3 Å². The van der Waals surface area contributed by atoms with Crippen LogP contribution in [0.3, 0.4) is 0 Å². The van der Waals surface area contributed by atoms with Gasteiger partial charge in [-0.25, -0.2) is 9.97 Å². The predicted octanol–water partition coefficient (Wildman–Crippen LogP) is 3.77. The van der Waals surface area contributed by atoms with Gasteiger partial charge in [-0.05, 0) is 28.9 Å². The highest BCUT2D eigenvalue weighted by molar-refractivity contribution is 7.95. The lowest BCUT2D eigenvalue weighted by Gasteiger charge is -2.17. The minimum absolute atomic E-state index is 0.0990. The topological polar surface area (TPSA) is 67.0 Å². The third-order valence-corrected chi connectivity index (χ3v) is 6.38. The van der Waals surface area contributed by atoms with E-state index in [-0.39, 0.29) is 6.04 Å². The molecule has 3 aromatic heterocycles. The van der Waals surface area contributed by atoms with Crippen molar-refractivity contribution >= 4 is 21.9 Å². The highest BCUT2D eigenvalue weighted by atomic mass is 32.2. The minimum atomic E-state index is 0.0990. The van der Waals surface area contributed by atoms with E-state index in [4.69, 9.17) is 9.47 Å². The Morgan fingerprint density at radius 3 is 2.69 bits per heavy atom. The molecule has 8 heteroatoms. The quantitative estimate of drug-likeness (QED) is 0.256. The Kier molecular flexibility index (Phi) is 7.57. The summed E-state index contributed by atoms with van der Waals surface area (Å²) in [6, 6.07) is 12.5. The van der Waals surface area contributed by atoms with Crippen LogP contribution in [0.2, 0.25) is 0 Å². The molecular weight excluding hydrogens is 422 g/mol. The van der Waals surface area contributed by atoms with Gasteiger partial charge in [0.2, 0.25) is 0 Å². The summed E-state index contributed by atoms with van der Waals surface area (Å²) in [7, 11) is 2.11. The van der Waals surface area contributed by atoms with Crippen LogP contribution < -0.4 is 0 Å². The number of ether oxygens (including phenoxy) is 2. The molecule has 0 amide bonds. The maximum Gasteiger partial charge on any atom is 0.145 e. The van der Waals surface area contributed by atoms with Gasteiger partial charge in [0, 0.05) is 37.1 Å². The van der Waals surface area contributed by atoms with Gasteiger partial charge in [0.25, 0.3) is 0 Å². The van der Waals surface area contributed by atoms with Gasteiger partial charge < -0.3 is 14.0 Å². The molecule has 4 aromatic rings. The second-order valence-electron chi connectivity index (χ2n) is 7.89. The van der Waals surface area contributed by atoms with Crippen molar-refractivity contribution in [3.05, 3.63) is 66.9 Å². The van der Waals surface area contributed by atoms with E-state index in [1.54, 1.807) is 13.4 Å². The predicted molar refractivity (Wildman–Crippen MR) is 130 cm³/mol. The molecule has 0 radical (unpaired) electrons. The molecular formula is C24H30N5O2S+. The normalized spacial score (nSPS) is 12.6. The summed E-state index contributed by atoms with van der Waals surface area (Å²) in [5, 5.41) is 5.68. The number of nitrogens with zero attached hydrogens (tertiary/aromatic N) is 5. The fourth-order valence-electron chi connectivity index (χ4n) is 3.71. The zero-order chi connectivity index (χ0) is 22.3. The summed E-state index contributed by atoms with van der Waals surface area (Å²) < 4.78 is 15.2. The molecule has 0 fully saturated rings. The van der Waals surface area contributed by atoms with Crippen LogP contribution in [0.5, 0.6) is 0 Å². The van der Waals surface area contributed by atoms with Crippen molar-refractivity contribution < 1.29 is 9.47 Å². The van der Waals surface area contributed by atoms with Gasteiger partial charge in [-0.15, -0.1) is 0 Å². The third kappa shape index (κ3) is 5.20. The number of aromatic nitrogens is 5. The van der Waals surface area contributed by atoms with E-state index in [1.807, 2.05) is 27.7 Å². The Balaban J connectivity index is 1.58. The lowest BCUT2D eigenvalue weighted by molar-refractivity contribution is 0.0924. The zero-order valence-electron chi connectivity index (χ0n) is 18.8. The van der Waals surface area contributed by atoms with Gasteiger partial charge in [-0.1, -0.05) is 30.3 Å². The smallest absolute Gasteiger partial charge is 0.145 e. The molecule has 1 atom stereocenters. The van der Waals surface area contributed by atoms with Crippen molar-refractivity contribution in [3.63, 3.8) is 0 Å². The van der Waals surface area contributed by atoms with E-state index in [2.05, 4.69) is 64.1 Å². The Labute approximate surface area is 191 Å². The Morgan fingerprint density at radius 2 is 1.91 bits per heavy atom. The van der Waals surface area contributed by atoms with Crippen LogP contribution in [-0.4, -0.2) is 62.9 Å². The van der Waals surface area contributed by atoms with Crippen molar-refractivity contribution in [3.8, 4) is 11.3 Å². The van der Waals surface area contributed by atoms with Crippen molar-refractivity contribution in [1.29, 1.82) is 0 Å².